The van der Waals surface area contributed by atoms with Gasteiger partial charge in [-0.2, -0.15) is 10.6 Å². The Labute approximate surface area is 158 Å². The van der Waals surface area contributed by atoms with Crippen LogP contribution < -0.4 is 5.73 Å². The van der Waals surface area contributed by atoms with E-state index in [1.165, 1.54) is 0 Å². The van der Waals surface area contributed by atoms with Crippen molar-refractivity contribution in [1.82, 2.24) is 4.98 Å². The van der Waals surface area contributed by atoms with E-state index in [-0.39, 0.29) is 16.4 Å². The van der Waals surface area contributed by atoms with Crippen LogP contribution in [-0.4, -0.2) is 30.5 Å². The molecule has 2 bridgehead atoms. The molecule has 2 aromatic heterocycles. The fourth-order valence-electron chi connectivity index (χ4n) is 4.86. The van der Waals surface area contributed by atoms with Crippen LogP contribution in [0.5, 0.6) is 0 Å². The van der Waals surface area contributed by atoms with E-state index in [9.17, 15) is 13.9 Å². The molecule has 2 unspecified atom stereocenters. The summed E-state index contributed by atoms with van der Waals surface area (Å²) in [4.78, 5) is 15.3. The smallest absolute Gasteiger partial charge is 0.250 e. The molecule has 7 heteroatoms. The summed E-state index contributed by atoms with van der Waals surface area (Å²) < 4.78 is 26.4. The molecule has 0 aliphatic carbocycles. The van der Waals surface area contributed by atoms with E-state index in [1.54, 1.807) is 12.3 Å². The Morgan fingerprint density at radius 2 is 1.96 bits per heavy atom. The molecule has 142 valence electrons. The number of primary amides is 1. The Hall–Kier alpha value is -2.22. The van der Waals surface area contributed by atoms with Gasteiger partial charge in [-0.15, -0.1) is 0 Å². The second-order valence-electron chi connectivity index (χ2n) is 7.66. The van der Waals surface area contributed by atoms with Crippen LogP contribution in [-0.2, 0) is 0 Å². The van der Waals surface area contributed by atoms with Gasteiger partial charge in [0.05, 0.1) is 17.3 Å². The number of furan rings is 1. The average molecular weight is 386 g/mol. The zero-order valence-corrected chi connectivity index (χ0v) is 15.5. The second-order valence-corrected chi connectivity index (χ2v) is 10.3. The Kier molecular flexibility index (Phi) is 3.69. The minimum atomic E-state index is -2.47. The number of nitrogens with one attached hydrogen (secondary N) is 1. The number of nitrogens with two attached hydrogens (primary N) is 1. The Morgan fingerprint density at radius 3 is 2.59 bits per heavy atom. The quantitative estimate of drug-likeness (QED) is 0.523. The highest BCUT2D eigenvalue weighted by molar-refractivity contribution is 8.25. The van der Waals surface area contributed by atoms with Gasteiger partial charge in [-0.3, -0.25) is 13.9 Å². The van der Waals surface area contributed by atoms with Gasteiger partial charge in [0, 0.05) is 27.6 Å². The number of H-pyrrole nitrogens is 1. The van der Waals surface area contributed by atoms with Gasteiger partial charge in [0.2, 0.25) is 0 Å². The predicted molar refractivity (Wildman–Crippen MR) is 106 cm³/mol. The molecular weight excluding hydrogens is 364 g/mol. The normalized spacial score (nSPS) is 27.7. The number of rotatable bonds is 3. The van der Waals surface area contributed by atoms with Gasteiger partial charge in [0.25, 0.3) is 5.91 Å². The number of hydrogen-bond donors (Lipinski definition) is 4. The highest BCUT2D eigenvalue weighted by atomic mass is 32.3. The molecule has 0 saturated carbocycles. The van der Waals surface area contributed by atoms with Gasteiger partial charge < -0.3 is 15.1 Å². The first-order valence-electron chi connectivity index (χ1n) is 9.19. The van der Waals surface area contributed by atoms with Gasteiger partial charge in [-0.05, 0) is 61.4 Å². The lowest BCUT2D eigenvalue weighted by atomic mass is 9.89. The minimum absolute atomic E-state index is 0.0185. The van der Waals surface area contributed by atoms with Crippen molar-refractivity contribution < 1.29 is 18.3 Å². The molecule has 0 radical (unpaired) electrons. The molecule has 0 spiro atoms. The molecule has 2 saturated heterocycles. The summed E-state index contributed by atoms with van der Waals surface area (Å²) >= 11 is 0. The number of carbonyl (C=O) groups is 1. The topological polar surface area (TPSA) is 112 Å². The molecule has 3 aromatic rings. The fourth-order valence-corrected chi connectivity index (χ4v) is 7.41. The number of fused-ring (bicyclic) bond motifs is 3. The van der Waals surface area contributed by atoms with Crippen molar-refractivity contribution in [3.8, 4) is 11.3 Å². The maximum absolute atomic E-state index is 12.0. The standard InChI is InChI=1S/C20H22N2O4S/c21-20(23)16-9-12(18-2-1-5-26-18)8-15-17(10-22-19(15)16)11-6-13-3-4-14(7-11)27(13,24)25/h1-2,5,8-11,13-14,22,24-25H,3-4,6-7H2,(H2,21,23). The van der Waals surface area contributed by atoms with Crippen LogP contribution >= 0.6 is 10.6 Å². The van der Waals surface area contributed by atoms with E-state index in [0.717, 1.165) is 47.7 Å². The number of carbonyl (C=O) groups excluding carboxylic acids is 1. The van der Waals surface area contributed by atoms with E-state index < -0.39 is 16.5 Å². The van der Waals surface area contributed by atoms with Crippen molar-refractivity contribution in [2.75, 3.05) is 0 Å². The van der Waals surface area contributed by atoms with Crippen molar-refractivity contribution >= 4 is 27.4 Å². The van der Waals surface area contributed by atoms with Gasteiger partial charge in [0.1, 0.15) is 5.76 Å². The fraction of sp³-hybridized carbons (Fsp3) is 0.350. The third-order valence-corrected chi connectivity index (χ3v) is 9.04. The van der Waals surface area contributed by atoms with E-state index in [2.05, 4.69) is 4.98 Å². The summed E-state index contributed by atoms with van der Waals surface area (Å²) in [5.41, 5.74) is 8.73. The van der Waals surface area contributed by atoms with Crippen molar-refractivity contribution in [2.45, 2.75) is 42.1 Å². The molecule has 4 heterocycles. The van der Waals surface area contributed by atoms with E-state index in [0.29, 0.717) is 11.3 Å². The van der Waals surface area contributed by atoms with E-state index >= 15 is 0 Å². The third-order valence-electron chi connectivity index (χ3n) is 6.22. The minimum Gasteiger partial charge on any atom is -0.464 e. The van der Waals surface area contributed by atoms with Crippen LogP contribution in [0.2, 0.25) is 0 Å². The lowest BCUT2D eigenvalue weighted by molar-refractivity contribution is 0.100. The molecule has 2 aliphatic rings. The largest absolute Gasteiger partial charge is 0.464 e. The number of amides is 1. The Bertz CT molecular complexity index is 1010. The van der Waals surface area contributed by atoms with Crippen LogP contribution in [0.25, 0.3) is 22.2 Å². The summed E-state index contributed by atoms with van der Waals surface area (Å²) in [6.45, 7) is 0. The van der Waals surface area contributed by atoms with Crippen molar-refractivity contribution in [3.05, 3.63) is 47.9 Å². The van der Waals surface area contributed by atoms with Crippen LogP contribution in [0.1, 0.15) is 47.5 Å². The first-order valence-corrected chi connectivity index (χ1v) is 10.9. The molecule has 2 atom stereocenters. The van der Waals surface area contributed by atoms with Gasteiger partial charge in [-0.1, -0.05) is 0 Å². The number of aromatic amines is 1. The second kappa shape index (κ2) is 5.89. The lowest BCUT2D eigenvalue weighted by Crippen LogP contribution is -2.28. The van der Waals surface area contributed by atoms with E-state index in [4.69, 9.17) is 10.2 Å². The third kappa shape index (κ3) is 2.53. The summed E-state index contributed by atoms with van der Waals surface area (Å²) in [7, 11) is -2.47. The maximum Gasteiger partial charge on any atom is 0.250 e. The van der Waals surface area contributed by atoms with E-state index in [1.807, 2.05) is 24.4 Å². The van der Waals surface area contributed by atoms with Crippen LogP contribution in [0.15, 0.2) is 41.1 Å². The molecule has 6 nitrogen and oxygen atoms in total. The predicted octanol–water partition coefficient (Wildman–Crippen LogP) is 4.69. The molecule has 2 aliphatic heterocycles. The zero-order valence-electron chi connectivity index (χ0n) is 14.7. The van der Waals surface area contributed by atoms with Gasteiger partial charge in [0.15, 0.2) is 0 Å². The first-order chi connectivity index (χ1) is 12.9. The van der Waals surface area contributed by atoms with Crippen LogP contribution in [0, 0.1) is 0 Å². The molecule has 27 heavy (non-hydrogen) atoms. The summed E-state index contributed by atoms with van der Waals surface area (Å²) in [6.07, 6.45) is 6.85. The van der Waals surface area contributed by atoms with Crippen molar-refractivity contribution in [2.24, 2.45) is 5.73 Å². The van der Waals surface area contributed by atoms with Crippen molar-refractivity contribution in [1.29, 1.82) is 0 Å². The molecule has 1 amide bonds. The molecule has 5 N–H and O–H groups in total. The first kappa shape index (κ1) is 16.9. The monoisotopic (exact) mass is 386 g/mol. The summed E-state index contributed by atoms with van der Waals surface area (Å²) in [5.74, 6) is 0.438. The maximum atomic E-state index is 12.0. The van der Waals surface area contributed by atoms with Crippen LogP contribution in [0.3, 0.4) is 0 Å². The molecule has 1 aromatic carbocycles. The molecule has 2 fully saturated rings. The molecular formula is C20H22N2O4S. The highest BCUT2D eigenvalue weighted by Crippen LogP contribution is 2.66. The molecule has 5 rings (SSSR count). The Balaban J connectivity index is 1.63. The number of aromatic nitrogens is 1. The Morgan fingerprint density at radius 1 is 1.22 bits per heavy atom. The lowest BCUT2D eigenvalue weighted by Gasteiger charge is -2.46. The van der Waals surface area contributed by atoms with Gasteiger partial charge >= 0.3 is 0 Å². The highest BCUT2D eigenvalue weighted by Gasteiger charge is 2.47. The SMILES string of the molecule is NC(=O)c1cc(-c2ccco2)cc2c(C3CC4CCC(C3)S4(O)O)c[nH]c12. The number of hydrogen-bond acceptors (Lipinski definition) is 4. The van der Waals surface area contributed by atoms with Crippen LogP contribution in [0.4, 0.5) is 0 Å². The summed E-state index contributed by atoms with van der Waals surface area (Å²) in [6, 6.07) is 7.45. The zero-order chi connectivity index (χ0) is 18.8. The van der Waals surface area contributed by atoms with Gasteiger partial charge in [-0.25, -0.2) is 0 Å². The summed E-state index contributed by atoms with van der Waals surface area (Å²) in [5, 5.41) is 0.922. The van der Waals surface area contributed by atoms with Crippen molar-refractivity contribution in [3.63, 3.8) is 0 Å². The number of benzene rings is 1. The average Bonchev–Trinajstić information content (AvgIpc) is 3.31.